The zero-order valence-electron chi connectivity index (χ0n) is 14.5. The Balaban J connectivity index is 1.72. The fourth-order valence-electron chi connectivity index (χ4n) is 2.46. The number of hydrogen-bond acceptors (Lipinski definition) is 6. The molecule has 1 N–H and O–H groups in total. The van der Waals surface area contributed by atoms with Crippen LogP contribution in [0.15, 0.2) is 45.7 Å². The molecule has 0 saturated carbocycles. The molecule has 0 radical (unpaired) electrons. The van der Waals surface area contributed by atoms with E-state index in [1.54, 1.807) is 35.9 Å². The van der Waals surface area contributed by atoms with Crippen LogP contribution in [-0.2, 0) is 11.3 Å². The van der Waals surface area contributed by atoms with Crippen molar-refractivity contribution in [2.24, 2.45) is 0 Å². The molecular formula is C18H19N3O3S2. The van der Waals surface area contributed by atoms with Gasteiger partial charge in [0.2, 0.25) is 5.91 Å². The highest BCUT2D eigenvalue weighted by Gasteiger charge is 2.13. The fraction of sp³-hybridized carbons (Fsp3) is 0.278. The average molecular weight is 390 g/mol. The summed E-state index contributed by atoms with van der Waals surface area (Å²) in [5.41, 5.74) is 1.35. The average Bonchev–Trinajstić information content (AvgIpc) is 3.12. The van der Waals surface area contributed by atoms with Crippen LogP contribution in [0.4, 0.5) is 5.69 Å². The maximum atomic E-state index is 12.6. The van der Waals surface area contributed by atoms with Crippen molar-refractivity contribution in [2.45, 2.75) is 25.0 Å². The molecule has 0 aliphatic heterocycles. The molecular weight excluding hydrogens is 370 g/mol. The Kier molecular flexibility index (Phi) is 5.95. The standard InChI is InChI=1S/C18H19N3O3S2/c1-3-9-21-17(23)16-14(8-10-25-16)20-18(21)26-11-15(22)19-12-4-6-13(24-2)7-5-12/h4-8,10H,3,9,11H2,1-2H3,(H,19,22). The Labute approximate surface area is 159 Å². The van der Waals surface area contributed by atoms with E-state index in [2.05, 4.69) is 10.3 Å². The minimum atomic E-state index is -0.150. The number of carbonyl (C=O) groups excluding carboxylic acids is 1. The minimum absolute atomic E-state index is 0.0371. The Morgan fingerprint density at radius 1 is 1.31 bits per heavy atom. The summed E-state index contributed by atoms with van der Waals surface area (Å²) in [6.07, 6.45) is 0.823. The third-order valence-electron chi connectivity index (χ3n) is 3.68. The fourth-order valence-corrected chi connectivity index (χ4v) is 4.06. The molecule has 0 fully saturated rings. The quantitative estimate of drug-likeness (QED) is 0.494. The van der Waals surface area contributed by atoms with Crippen LogP contribution >= 0.6 is 23.1 Å². The van der Waals surface area contributed by atoms with E-state index in [-0.39, 0.29) is 17.2 Å². The molecule has 0 bridgehead atoms. The predicted molar refractivity (Wildman–Crippen MR) is 107 cm³/mol. The first kappa shape index (κ1) is 18.5. The number of nitrogens with zero attached hydrogens (tertiary/aromatic N) is 2. The number of amides is 1. The van der Waals surface area contributed by atoms with Crippen molar-refractivity contribution in [3.05, 3.63) is 46.1 Å². The van der Waals surface area contributed by atoms with Gasteiger partial charge in [-0.25, -0.2) is 4.98 Å². The van der Waals surface area contributed by atoms with Gasteiger partial charge in [0.25, 0.3) is 5.56 Å². The summed E-state index contributed by atoms with van der Waals surface area (Å²) in [6, 6.07) is 8.97. The van der Waals surface area contributed by atoms with Crippen LogP contribution < -0.4 is 15.6 Å². The third kappa shape index (κ3) is 4.08. The van der Waals surface area contributed by atoms with Crippen LogP contribution in [0, 0.1) is 0 Å². The van der Waals surface area contributed by atoms with E-state index in [9.17, 15) is 9.59 Å². The largest absolute Gasteiger partial charge is 0.497 e. The van der Waals surface area contributed by atoms with E-state index >= 15 is 0 Å². The number of anilines is 1. The minimum Gasteiger partial charge on any atom is -0.497 e. The Morgan fingerprint density at radius 2 is 2.08 bits per heavy atom. The normalized spacial score (nSPS) is 10.8. The summed E-state index contributed by atoms with van der Waals surface area (Å²) in [4.78, 5) is 29.4. The molecule has 0 saturated heterocycles. The van der Waals surface area contributed by atoms with E-state index in [0.29, 0.717) is 27.6 Å². The van der Waals surface area contributed by atoms with Crippen LogP contribution in [0.25, 0.3) is 10.2 Å². The summed E-state index contributed by atoms with van der Waals surface area (Å²) in [5.74, 6) is 0.759. The molecule has 3 aromatic rings. The maximum absolute atomic E-state index is 12.6. The number of fused-ring (bicyclic) bond motifs is 1. The third-order valence-corrected chi connectivity index (χ3v) is 5.55. The highest BCUT2D eigenvalue weighted by atomic mass is 32.2. The Bertz CT molecular complexity index is 964. The molecule has 2 heterocycles. The lowest BCUT2D eigenvalue weighted by Crippen LogP contribution is -2.23. The van der Waals surface area contributed by atoms with Crippen molar-refractivity contribution in [2.75, 3.05) is 18.2 Å². The number of nitrogens with one attached hydrogen (secondary N) is 1. The van der Waals surface area contributed by atoms with Gasteiger partial charge >= 0.3 is 0 Å². The maximum Gasteiger partial charge on any atom is 0.272 e. The second-order valence-electron chi connectivity index (χ2n) is 5.55. The van der Waals surface area contributed by atoms with E-state index in [1.807, 2.05) is 18.4 Å². The van der Waals surface area contributed by atoms with Crippen LogP contribution in [0.2, 0.25) is 0 Å². The van der Waals surface area contributed by atoms with Crippen molar-refractivity contribution in [3.8, 4) is 5.75 Å². The van der Waals surface area contributed by atoms with Crippen molar-refractivity contribution in [1.29, 1.82) is 0 Å². The molecule has 1 aromatic carbocycles. The van der Waals surface area contributed by atoms with E-state index in [4.69, 9.17) is 4.74 Å². The number of aromatic nitrogens is 2. The summed E-state index contributed by atoms with van der Waals surface area (Å²) >= 11 is 2.67. The van der Waals surface area contributed by atoms with Gasteiger partial charge in [0, 0.05) is 12.2 Å². The molecule has 136 valence electrons. The molecule has 0 unspecified atom stereocenters. The lowest BCUT2D eigenvalue weighted by Gasteiger charge is -2.11. The van der Waals surface area contributed by atoms with Gasteiger partial charge in [0.1, 0.15) is 10.4 Å². The van der Waals surface area contributed by atoms with Crippen LogP contribution in [0.5, 0.6) is 5.75 Å². The first-order valence-corrected chi connectivity index (χ1v) is 10.0. The van der Waals surface area contributed by atoms with Gasteiger partial charge in [0.15, 0.2) is 5.16 Å². The number of carbonyl (C=O) groups is 1. The molecule has 3 rings (SSSR count). The number of hydrogen-bond donors (Lipinski definition) is 1. The van der Waals surface area contributed by atoms with Crippen LogP contribution in [0.3, 0.4) is 0 Å². The number of rotatable bonds is 7. The van der Waals surface area contributed by atoms with Crippen molar-refractivity contribution in [3.63, 3.8) is 0 Å². The molecule has 8 heteroatoms. The van der Waals surface area contributed by atoms with Gasteiger partial charge in [-0.3, -0.25) is 14.2 Å². The Hall–Kier alpha value is -2.32. The zero-order chi connectivity index (χ0) is 18.5. The van der Waals surface area contributed by atoms with E-state index in [1.165, 1.54) is 23.1 Å². The van der Waals surface area contributed by atoms with Crippen LogP contribution in [-0.4, -0.2) is 28.3 Å². The van der Waals surface area contributed by atoms with E-state index in [0.717, 1.165) is 12.2 Å². The van der Waals surface area contributed by atoms with Crippen LogP contribution in [0.1, 0.15) is 13.3 Å². The number of thioether (sulfide) groups is 1. The van der Waals surface area contributed by atoms with Crippen molar-refractivity contribution >= 4 is 44.9 Å². The summed E-state index contributed by atoms with van der Waals surface area (Å²) in [6.45, 7) is 2.60. The summed E-state index contributed by atoms with van der Waals surface area (Å²) < 4.78 is 7.41. The molecule has 6 nitrogen and oxygen atoms in total. The zero-order valence-corrected chi connectivity index (χ0v) is 16.2. The van der Waals surface area contributed by atoms with Gasteiger partial charge in [-0.05, 0) is 42.1 Å². The molecule has 0 atom stereocenters. The second kappa shape index (κ2) is 8.37. The number of methoxy groups -OCH3 is 1. The summed E-state index contributed by atoms with van der Waals surface area (Å²) in [7, 11) is 1.59. The first-order valence-electron chi connectivity index (χ1n) is 8.17. The lowest BCUT2D eigenvalue weighted by atomic mass is 10.3. The van der Waals surface area contributed by atoms with Gasteiger partial charge in [-0.2, -0.15) is 0 Å². The first-order chi connectivity index (χ1) is 12.6. The van der Waals surface area contributed by atoms with E-state index < -0.39 is 0 Å². The van der Waals surface area contributed by atoms with Gasteiger partial charge in [0.05, 0.1) is 18.4 Å². The summed E-state index contributed by atoms with van der Waals surface area (Å²) in [5, 5.41) is 5.27. The number of ether oxygens (including phenoxy) is 1. The predicted octanol–water partition coefficient (Wildman–Crippen LogP) is 3.61. The topological polar surface area (TPSA) is 73.2 Å². The lowest BCUT2D eigenvalue weighted by molar-refractivity contribution is -0.113. The highest BCUT2D eigenvalue weighted by Crippen LogP contribution is 2.22. The van der Waals surface area contributed by atoms with Gasteiger partial charge in [-0.1, -0.05) is 18.7 Å². The highest BCUT2D eigenvalue weighted by molar-refractivity contribution is 7.99. The molecule has 0 aliphatic carbocycles. The van der Waals surface area contributed by atoms with Crippen molar-refractivity contribution in [1.82, 2.24) is 9.55 Å². The van der Waals surface area contributed by atoms with Crippen molar-refractivity contribution < 1.29 is 9.53 Å². The Morgan fingerprint density at radius 3 is 2.77 bits per heavy atom. The van der Waals surface area contributed by atoms with Gasteiger partial charge < -0.3 is 10.1 Å². The molecule has 1 amide bonds. The monoisotopic (exact) mass is 389 g/mol. The molecule has 2 aromatic heterocycles. The van der Waals surface area contributed by atoms with Gasteiger partial charge in [-0.15, -0.1) is 11.3 Å². The second-order valence-corrected chi connectivity index (χ2v) is 7.41. The molecule has 0 aliphatic rings. The smallest absolute Gasteiger partial charge is 0.272 e. The SMILES string of the molecule is CCCn1c(SCC(=O)Nc2ccc(OC)cc2)nc2ccsc2c1=O. The molecule has 0 spiro atoms. The molecule has 26 heavy (non-hydrogen) atoms. The number of thiophene rings is 1. The number of benzene rings is 1.